The van der Waals surface area contributed by atoms with Crippen LogP contribution in [-0.4, -0.2) is 43.9 Å². The third-order valence-electron chi connectivity index (χ3n) is 3.70. The molecule has 7 heteroatoms. The van der Waals surface area contributed by atoms with Crippen LogP contribution in [0.25, 0.3) is 11.1 Å². The molecule has 0 saturated carbocycles. The molecule has 1 saturated heterocycles. The number of sulfonamides is 1. The minimum absolute atomic E-state index is 0.00346. The SMILES string of the molecule is CN(C1CCNCC1)S(=O)(=O)c1nc2ccccc2o1. The monoisotopic (exact) mass is 295 g/mol. The number of oxazole rings is 1. The summed E-state index contributed by atoms with van der Waals surface area (Å²) >= 11 is 0. The molecule has 2 heterocycles. The fraction of sp³-hybridized carbons (Fsp3) is 0.462. The van der Waals surface area contributed by atoms with Crippen LogP contribution >= 0.6 is 0 Å². The topological polar surface area (TPSA) is 75.4 Å². The zero-order valence-corrected chi connectivity index (χ0v) is 12.1. The van der Waals surface area contributed by atoms with E-state index in [0.717, 1.165) is 25.9 Å². The third kappa shape index (κ3) is 2.32. The molecule has 0 bridgehead atoms. The van der Waals surface area contributed by atoms with Gasteiger partial charge >= 0.3 is 5.22 Å². The van der Waals surface area contributed by atoms with Gasteiger partial charge in [0.15, 0.2) is 5.58 Å². The number of rotatable bonds is 3. The Morgan fingerprint density at radius 1 is 1.30 bits per heavy atom. The van der Waals surface area contributed by atoms with Gasteiger partial charge in [-0.05, 0) is 38.1 Å². The lowest BCUT2D eigenvalue weighted by atomic mass is 10.1. The molecule has 0 unspecified atom stereocenters. The van der Waals surface area contributed by atoms with Crippen molar-refractivity contribution in [3.05, 3.63) is 24.3 Å². The van der Waals surface area contributed by atoms with Crippen molar-refractivity contribution in [1.29, 1.82) is 0 Å². The van der Waals surface area contributed by atoms with Crippen LogP contribution in [0.2, 0.25) is 0 Å². The molecule has 0 spiro atoms. The first-order valence-electron chi connectivity index (χ1n) is 6.63. The summed E-state index contributed by atoms with van der Waals surface area (Å²) < 4.78 is 31.9. The summed E-state index contributed by atoms with van der Waals surface area (Å²) in [6.07, 6.45) is 1.60. The molecule has 2 aromatic rings. The fourth-order valence-electron chi connectivity index (χ4n) is 2.45. The number of hydrogen-bond donors (Lipinski definition) is 1. The highest BCUT2D eigenvalue weighted by atomic mass is 32.2. The largest absolute Gasteiger partial charge is 0.427 e. The van der Waals surface area contributed by atoms with E-state index in [1.165, 1.54) is 4.31 Å². The predicted octanol–water partition coefficient (Wildman–Crippen LogP) is 1.20. The van der Waals surface area contributed by atoms with Crippen molar-refractivity contribution >= 4 is 21.1 Å². The van der Waals surface area contributed by atoms with Gasteiger partial charge in [-0.2, -0.15) is 9.29 Å². The Morgan fingerprint density at radius 2 is 2.00 bits per heavy atom. The summed E-state index contributed by atoms with van der Waals surface area (Å²) in [6.45, 7) is 1.66. The van der Waals surface area contributed by atoms with Gasteiger partial charge in [0.05, 0.1) is 0 Å². The fourth-order valence-corrected chi connectivity index (χ4v) is 3.71. The van der Waals surface area contributed by atoms with Crippen LogP contribution in [0.4, 0.5) is 0 Å². The van der Waals surface area contributed by atoms with E-state index < -0.39 is 10.0 Å². The van der Waals surface area contributed by atoms with Gasteiger partial charge in [0, 0.05) is 13.1 Å². The molecule has 108 valence electrons. The van der Waals surface area contributed by atoms with Crippen LogP contribution in [0.3, 0.4) is 0 Å². The van der Waals surface area contributed by atoms with Gasteiger partial charge in [0.1, 0.15) is 5.52 Å². The van der Waals surface area contributed by atoms with E-state index in [9.17, 15) is 8.42 Å². The van der Waals surface area contributed by atoms with E-state index in [2.05, 4.69) is 10.3 Å². The number of nitrogens with one attached hydrogen (secondary N) is 1. The first-order chi connectivity index (χ1) is 9.59. The third-order valence-corrected chi connectivity index (χ3v) is 5.37. The first-order valence-corrected chi connectivity index (χ1v) is 8.07. The summed E-state index contributed by atoms with van der Waals surface area (Å²) in [5.41, 5.74) is 1.05. The van der Waals surface area contributed by atoms with Gasteiger partial charge in [-0.15, -0.1) is 0 Å². The highest BCUT2D eigenvalue weighted by Crippen LogP contribution is 2.23. The lowest BCUT2D eigenvalue weighted by Gasteiger charge is -2.29. The minimum atomic E-state index is -3.67. The molecule has 1 aromatic carbocycles. The molecule has 1 fully saturated rings. The Balaban J connectivity index is 1.93. The Bertz CT molecular complexity index is 671. The van der Waals surface area contributed by atoms with E-state index in [4.69, 9.17) is 4.42 Å². The van der Waals surface area contributed by atoms with E-state index in [-0.39, 0.29) is 11.3 Å². The van der Waals surface area contributed by atoms with Crippen molar-refractivity contribution in [2.45, 2.75) is 24.1 Å². The Kier molecular flexibility index (Phi) is 3.49. The molecule has 0 amide bonds. The Labute approximate surface area is 117 Å². The number of nitrogens with zero attached hydrogens (tertiary/aromatic N) is 2. The van der Waals surface area contributed by atoms with Crippen LogP contribution in [0.1, 0.15) is 12.8 Å². The molecular weight excluding hydrogens is 278 g/mol. The standard InChI is InChI=1S/C13H17N3O3S/c1-16(10-6-8-14-9-7-10)20(17,18)13-15-11-4-2-3-5-12(11)19-13/h2-5,10,14H,6-9H2,1H3. The molecule has 1 aliphatic heterocycles. The molecule has 1 aliphatic rings. The summed E-state index contributed by atoms with van der Waals surface area (Å²) in [5.74, 6) is 0. The van der Waals surface area contributed by atoms with Gasteiger partial charge in [0.25, 0.3) is 10.0 Å². The average molecular weight is 295 g/mol. The molecule has 0 atom stereocenters. The lowest BCUT2D eigenvalue weighted by Crippen LogP contribution is -2.43. The second kappa shape index (κ2) is 5.16. The molecule has 1 N–H and O–H groups in total. The molecular formula is C13H17N3O3S. The van der Waals surface area contributed by atoms with Crippen molar-refractivity contribution in [1.82, 2.24) is 14.6 Å². The quantitative estimate of drug-likeness (QED) is 0.921. The van der Waals surface area contributed by atoms with Crippen LogP contribution in [0.5, 0.6) is 0 Å². The molecule has 6 nitrogen and oxygen atoms in total. The average Bonchev–Trinajstić information content (AvgIpc) is 2.92. The van der Waals surface area contributed by atoms with E-state index in [1.54, 1.807) is 31.3 Å². The van der Waals surface area contributed by atoms with Crippen LogP contribution in [0.15, 0.2) is 33.9 Å². The number of para-hydroxylation sites is 2. The van der Waals surface area contributed by atoms with E-state index in [1.807, 2.05) is 0 Å². The molecule has 20 heavy (non-hydrogen) atoms. The zero-order valence-electron chi connectivity index (χ0n) is 11.2. The molecule has 3 rings (SSSR count). The summed E-state index contributed by atoms with van der Waals surface area (Å²) in [6, 6.07) is 7.04. The van der Waals surface area contributed by atoms with E-state index in [0.29, 0.717) is 11.1 Å². The summed E-state index contributed by atoms with van der Waals surface area (Å²) in [4.78, 5) is 4.09. The predicted molar refractivity (Wildman–Crippen MR) is 74.8 cm³/mol. The number of hydrogen-bond acceptors (Lipinski definition) is 5. The highest BCUT2D eigenvalue weighted by molar-refractivity contribution is 7.88. The van der Waals surface area contributed by atoms with Gasteiger partial charge < -0.3 is 9.73 Å². The maximum atomic E-state index is 12.6. The Morgan fingerprint density at radius 3 is 2.70 bits per heavy atom. The van der Waals surface area contributed by atoms with Crippen molar-refractivity contribution in [3.63, 3.8) is 0 Å². The highest BCUT2D eigenvalue weighted by Gasteiger charge is 2.32. The number of benzene rings is 1. The maximum Gasteiger partial charge on any atom is 0.332 e. The number of piperidine rings is 1. The first kappa shape index (κ1) is 13.5. The van der Waals surface area contributed by atoms with Crippen molar-refractivity contribution in [2.75, 3.05) is 20.1 Å². The molecule has 1 aromatic heterocycles. The number of fused-ring (bicyclic) bond motifs is 1. The smallest absolute Gasteiger partial charge is 0.332 e. The lowest BCUT2D eigenvalue weighted by molar-refractivity contribution is 0.288. The minimum Gasteiger partial charge on any atom is -0.427 e. The zero-order chi connectivity index (χ0) is 14.2. The summed E-state index contributed by atoms with van der Waals surface area (Å²) in [5, 5.41) is 3.00. The van der Waals surface area contributed by atoms with Crippen LogP contribution in [-0.2, 0) is 10.0 Å². The van der Waals surface area contributed by atoms with Crippen molar-refractivity contribution in [2.24, 2.45) is 0 Å². The molecule has 0 radical (unpaired) electrons. The van der Waals surface area contributed by atoms with Gasteiger partial charge in [-0.25, -0.2) is 8.42 Å². The van der Waals surface area contributed by atoms with Gasteiger partial charge in [-0.3, -0.25) is 0 Å². The molecule has 0 aliphatic carbocycles. The van der Waals surface area contributed by atoms with Crippen molar-refractivity contribution in [3.8, 4) is 0 Å². The summed E-state index contributed by atoms with van der Waals surface area (Å²) in [7, 11) is -2.08. The van der Waals surface area contributed by atoms with Crippen LogP contribution in [0, 0.1) is 0 Å². The van der Waals surface area contributed by atoms with Gasteiger partial charge in [0.2, 0.25) is 0 Å². The number of aromatic nitrogens is 1. The maximum absolute atomic E-state index is 12.6. The van der Waals surface area contributed by atoms with E-state index >= 15 is 0 Å². The van der Waals surface area contributed by atoms with Gasteiger partial charge in [-0.1, -0.05) is 12.1 Å². The second-order valence-corrected chi connectivity index (χ2v) is 6.83. The van der Waals surface area contributed by atoms with Crippen molar-refractivity contribution < 1.29 is 12.8 Å². The second-order valence-electron chi connectivity index (χ2n) is 4.95. The normalized spacial score (nSPS) is 17.9. The van der Waals surface area contributed by atoms with Crippen LogP contribution < -0.4 is 5.32 Å². The Hall–Kier alpha value is -1.44.